The van der Waals surface area contributed by atoms with Crippen LogP contribution in [0.2, 0.25) is 0 Å². The fraction of sp³-hybridized carbons (Fsp3) is 0.0270. The Morgan fingerprint density at radius 2 is 1.40 bits per heavy atom. The predicted molar refractivity (Wildman–Crippen MR) is 190 cm³/mol. The van der Waals surface area contributed by atoms with E-state index in [-0.39, 0.29) is 16.9 Å². The minimum Gasteiger partial charge on any atom is -0.507 e. The molecule has 1 atom stereocenters. The summed E-state index contributed by atoms with van der Waals surface area (Å²) in [6.45, 7) is 0. The van der Waals surface area contributed by atoms with Crippen molar-refractivity contribution in [3.63, 3.8) is 0 Å². The van der Waals surface area contributed by atoms with Gasteiger partial charge in [-0.25, -0.2) is 4.79 Å². The van der Waals surface area contributed by atoms with Crippen molar-refractivity contribution in [3.8, 4) is 5.75 Å². The van der Waals surface area contributed by atoms with Crippen LogP contribution in [-0.4, -0.2) is 33.9 Å². The van der Waals surface area contributed by atoms with E-state index in [0.29, 0.717) is 27.3 Å². The van der Waals surface area contributed by atoms with Crippen molar-refractivity contribution in [1.82, 2.24) is 5.32 Å². The van der Waals surface area contributed by atoms with E-state index in [1.165, 1.54) is 30.0 Å². The van der Waals surface area contributed by atoms with Crippen molar-refractivity contribution >= 4 is 68.8 Å². The third kappa shape index (κ3) is 8.99. The molecule has 0 bridgehead atoms. The summed E-state index contributed by atoms with van der Waals surface area (Å²) in [7, 11) is 0. The van der Waals surface area contributed by atoms with Gasteiger partial charge in [-0.3, -0.25) is 14.4 Å². The van der Waals surface area contributed by atoms with Gasteiger partial charge >= 0.3 is 5.97 Å². The molecular weight excluding hydrogens is 694 g/mol. The molecule has 0 aliphatic rings. The standard InChI is InChI=1S/C37H28BrN3O6S/c38-26-16-14-23(15-17-26)20-31(41-34(43)25-10-5-2-6-11-25)35(44)39-27-12-7-13-29(21-27)48-33(24-8-3-1-4-9-24)36(45)40-28-18-19-32(42)30(22-28)37(46)47/h1-22,33,42H,(H,39,44)(H,40,45)(H,41,43)(H,46,47)/b31-20-. The summed E-state index contributed by atoms with van der Waals surface area (Å²) < 4.78 is 0.865. The summed E-state index contributed by atoms with van der Waals surface area (Å²) in [6.07, 6.45) is 1.58. The number of carbonyl (C=O) groups is 4. The molecule has 0 aliphatic carbocycles. The largest absolute Gasteiger partial charge is 0.507 e. The maximum Gasteiger partial charge on any atom is 0.339 e. The third-order valence-electron chi connectivity index (χ3n) is 6.89. The quantitative estimate of drug-likeness (QED) is 0.0533. The zero-order valence-electron chi connectivity index (χ0n) is 25.1. The Balaban J connectivity index is 1.38. The number of thioether (sulfide) groups is 1. The Bertz CT molecular complexity index is 1990. The molecule has 11 heteroatoms. The molecule has 240 valence electrons. The summed E-state index contributed by atoms with van der Waals surface area (Å²) in [5, 5.41) is 26.8. The highest BCUT2D eigenvalue weighted by Gasteiger charge is 2.24. The van der Waals surface area contributed by atoms with Crippen LogP contribution in [0.4, 0.5) is 11.4 Å². The van der Waals surface area contributed by atoms with Crippen LogP contribution in [0.25, 0.3) is 6.08 Å². The number of hydrogen-bond donors (Lipinski definition) is 5. The molecule has 0 aliphatic heterocycles. The van der Waals surface area contributed by atoms with E-state index in [2.05, 4.69) is 31.9 Å². The first-order valence-corrected chi connectivity index (χ1v) is 16.2. The number of halogens is 1. The molecular formula is C37H28BrN3O6S. The molecule has 5 aromatic rings. The number of aromatic carboxylic acids is 1. The molecule has 0 fully saturated rings. The van der Waals surface area contributed by atoms with Crippen molar-refractivity contribution in [3.05, 3.63) is 160 Å². The second kappa shape index (κ2) is 15.8. The lowest BCUT2D eigenvalue weighted by atomic mass is 10.1. The minimum atomic E-state index is -1.33. The van der Waals surface area contributed by atoms with Gasteiger partial charge in [-0.15, -0.1) is 11.8 Å². The highest BCUT2D eigenvalue weighted by atomic mass is 79.9. The molecule has 0 saturated heterocycles. The Hall–Kier alpha value is -5.65. The summed E-state index contributed by atoms with van der Waals surface area (Å²) >= 11 is 4.63. The summed E-state index contributed by atoms with van der Waals surface area (Å²) in [6, 6.07) is 35.6. The molecule has 0 saturated carbocycles. The number of rotatable bonds is 11. The SMILES string of the molecule is O=C(Nc1cccc(SC(C(=O)Nc2ccc(O)c(C(=O)O)c2)c2ccccc2)c1)/C(=C/c1ccc(Br)cc1)NC(=O)c1ccccc1. The Morgan fingerprint density at radius 1 is 0.729 bits per heavy atom. The van der Waals surface area contributed by atoms with Gasteiger partial charge in [0.05, 0.1) is 0 Å². The number of phenols is 1. The molecule has 0 spiro atoms. The fourth-order valence-corrected chi connectivity index (χ4v) is 5.89. The van der Waals surface area contributed by atoms with Crippen LogP contribution >= 0.6 is 27.7 Å². The molecule has 1 unspecified atom stereocenters. The maximum atomic E-state index is 13.6. The number of nitrogens with one attached hydrogen (secondary N) is 3. The summed E-state index contributed by atoms with van der Waals surface area (Å²) in [5.41, 5.74) is 2.10. The van der Waals surface area contributed by atoms with Crippen LogP contribution in [-0.2, 0) is 9.59 Å². The Morgan fingerprint density at radius 3 is 2.08 bits per heavy atom. The average molecular weight is 723 g/mol. The van der Waals surface area contributed by atoms with Crippen molar-refractivity contribution in [2.75, 3.05) is 10.6 Å². The maximum absolute atomic E-state index is 13.6. The van der Waals surface area contributed by atoms with E-state index in [4.69, 9.17) is 0 Å². The summed E-state index contributed by atoms with van der Waals surface area (Å²) in [4.78, 5) is 52.3. The van der Waals surface area contributed by atoms with Gasteiger partial charge in [0, 0.05) is 26.3 Å². The van der Waals surface area contributed by atoms with E-state index in [9.17, 15) is 29.4 Å². The number of anilines is 2. The first-order valence-electron chi connectivity index (χ1n) is 14.5. The first kappa shape index (κ1) is 33.7. The lowest BCUT2D eigenvalue weighted by molar-refractivity contribution is -0.116. The van der Waals surface area contributed by atoms with E-state index in [1.807, 2.05) is 18.2 Å². The minimum absolute atomic E-state index is 0.0281. The third-order valence-corrected chi connectivity index (χ3v) is 8.67. The van der Waals surface area contributed by atoms with E-state index in [0.717, 1.165) is 4.47 Å². The van der Waals surface area contributed by atoms with E-state index in [1.54, 1.807) is 97.1 Å². The van der Waals surface area contributed by atoms with Crippen LogP contribution < -0.4 is 16.0 Å². The van der Waals surface area contributed by atoms with Crippen LogP contribution in [0.15, 0.2) is 142 Å². The fourth-order valence-electron chi connectivity index (χ4n) is 4.54. The number of carbonyl (C=O) groups excluding carboxylic acids is 3. The van der Waals surface area contributed by atoms with Gasteiger partial charge < -0.3 is 26.2 Å². The molecule has 48 heavy (non-hydrogen) atoms. The molecule has 5 rings (SSSR count). The highest BCUT2D eigenvalue weighted by Crippen LogP contribution is 2.37. The number of amides is 3. The molecule has 5 N–H and O–H groups in total. The van der Waals surface area contributed by atoms with Crippen molar-refractivity contribution in [2.24, 2.45) is 0 Å². The van der Waals surface area contributed by atoms with Crippen LogP contribution in [0.3, 0.4) is 0 Å². The number of carboxylic acids is 1. The topological polar surface area (TPSA) is 145 Å². The second-order valence-electron chi connectivity index (χ2n) is 10.3. The van der Waals surface area contributed by atoms with Crippen LogP contribution in [0.1, 0.15) is 37.1 Å². The van der Waals surface area contributed by atoms with Gasteiger partial charge in [-0.1, -0.05) is 82.7 Å². The molecule has 5 aromatic carbocycles. The van der Waals surface area contributed by atoms with Crippen LogP contribution in [0, 0.1) is 0 Å². The van der Waals surface area contributed by atoms with Gasteiger partial charge in [-0.2, -0.15) is 0 Å². The van der Waals surface area contributed by atoms with Crippen LogP contribution in [0.5, 0.6) is 5.75 Å². The van der Waals surface area contributed by atoms with Gasteiger partial charge in [0.1, 0.15) is 22.3 Å². The van der Waals surface area contributed by atoms with Crippen molar-refractivity contribution in [1.29, 1.82) is 0 Å². The van der Waals surface area contributed by atoms with Gasteiger partial charge in [0.25, 0.3) is 11.8 Å². The number of aromatic hydroxyl groups is 1. The van der Waals surface area contributed by atoms with Gasteiger partial charge in [0.15, 0.2) is 0 Å². The van der Waals surface area contributed by atoms with Crippen molar-refractivity contribution in [2.45, 2.75) is 10.1 Å². The van der Waals surface area contributed by atoms with E-state index < -0.39 is 34.7 Å². The molecule has 0 heterocycles. The smallest absolute Gasteiger partial charge is 0.339 e. The zero-order chi connectivity index (χ0) is 34.0. The number of benzene rings is 5. The zero-order valence-corrected chi connectivity index (χ0v) is 27.5. The lowest BCUT2D eigenvalue weighted by Crippen LogP contribution is -2.30. The molecule has 0 radical (unpaired) electrons. The highest BCUT2D eigenvalue weighted by molar-refractivity contribution is 9.10. The lowest BCUT2D eigenvalue weighted by Gasteiger charge is -2.18. The summed E-state index contributed by atoms with van der Waals surface area (Å²) in [5.74, 6) is -3.16. The first-order chi connectivity index (χ1) is 23.2. The van der Waals surface area contributed by atoms with E-state index >= 15 is 0 Å². The predicted octanol–water partition coefficient (Wildman–Crippen LogP) is 7.73. The normalized spacial score (nSPS) is 11.6. The molecule has 9 nitrogen and oxygen atoms in total. The second-order valence-corrected chi connectivity index (χ2v) is 12.4. The molecule has 0 aromatic heterocycles. The molecule has 3 amide bonds. The monoisotopic (exact) mass is 721 g/mol. The van der Waals surface area contributed by atoms with Crippen molar-refractivity contribution < 1.29 is 29.4 Å². The average Bonchev–Trinajstić information content (AvgIpc) is 3.09. The van der Waals surface area contributed by atoms with Gasteiger partial charge in [0.2, 0.25) is 5.91 Å². The van der Waals surface area contributed by atoms with Gasteiger partial charge in [-0.05, 0) is 77.9 Å². The Labute approximate surface area is 288 Å². The number of carboxylic acid groups (broad SMARTS) is 1. The Kier molecular flexibility index (Phi) is 11.1. The number of hydrogen-bond acceptors (Lipinski definition) is 6.